The number of imidazole rings is 1. The molecular formula is C15H20ClN3O. The predicted octanol–water partition coefficient (Wildman–Crippen LogP) is 3.75. The van der Waals surface area contributed by atoms with E-state index in [-0.39, 0.29) is 5.60 Å². The van der Waals surface area contributed by atoms with Crippen molar-refractivity contribution in [3.05, 3.63) is 41.9 Å². The van der Waals surface area contributed by atoms with E-state index in [1.807, 2.05) is 29.0 Å². The van der Waals surface area contributed by atoms with Gasteiger partial charge in [-0.05, 0) is 32.4 Å². The van der Waals surface area contributed by atoms with Gasteiger partial charge in [-0.1, -0.05) is 17.7 Å². The Balaban J connectivity index is 2.15. The van der Waals surface area contributed by atoms with E-state index in [4.69, 9.17) is 16.3 Å². The van der Waals surface area contributed by atoms with Gasteiger partial charge in [0.15, 0.2) is 0 Å². The second-order valence-electron chi connectivity index (χ2n) is 5.25. The third kappa shape index (κ3) is 3.52. The number of ether oxygens (including phenoxy) is 1. The number of nitrogens with one attached hydrogen (secondary N) is 1. The molecule has 0 unspecified atom stereocenters. The smallest absolute Gasteiger partial charge is 0.0992 e. The SMILES string of the molecule is COC(C)(C)CCNc1cccc(Cl)c1-n1ccnc1. The molecule has 1 aromatic carbocycles. The number of aromatic nitrogens is 2. The van der Waals surface area contributed by atoms with Crippen LogP contribution in [-0.4, -0.2) is 28.8 Å². The highest BCUT2D eigenvalue weighted by molar-refractivity contribution is 6.33. The molecule has 2 rings (SSSR count). The highest BCUT2D eigenvalue weighted by Gasteiger charge is 2.16. The van der Waals surface area contributed by atoms with E-state index < -0.39 is 0 Å². The van der Waals surface area contributed by atoms with Gasteiger partial charge in [0.1, 0.15) is 0 Å². The monoisotopic (exact) mass is 293 g/mol. The minimum Gasteiger partial charge on any atom is -0.383 e. The van der Waals surface area contributed by atoms with Gasteiger partial charge < -0.3 is 14.6 Å². The molecule has 0 aliphatic carbocycles. The van der Waals surface area contributed by atoms with Crippen LogP contribution in [0.5, 0.6) is 0 Å². The molecule has 20 heavy (non-hydrogen) atoms. The minimum absolute atomic E-state index is 0.138. The zero-order valence-electron chi connectivity index (χ0n) is 12.1. The molecule has 2 aromatic rings. The Labute approximate surface area is 124 Å². The Morgan fingerprint density at radius 1 is 1.40 bits per heavy atom. The third-order valence-electron chi connectivity index (χ3n) is 3.34. The number of benzene rings is 1. The zero-order valence-corrected chi connectivity index (χ0v) is 12.8. The summed E-state index contributed by atoms with van der Waals surface area (Å²) in [7, 11) is 1.73. The molecule has 0 spiro atoms. The topological polar surface area (TPSA) is 39.1 Å². The number of hydrogen-bond acceptors (Lipinski definition) is 3. The van der Waals surface area contributed by atoms with Crippen LogP contribution in [0.2, 0.25) is 5.02 Å². The van der Waals surface area contributed by atoms with Crippen LogP contribution in [0.3, 0.4) is 0 Å². The second kappa shape index (κ2) is 6.29. The summed E-state index contributed by atoms with van der Waals surface area (Å²) in [5.41, 5.74) is 1.77. The maximum atomic E-state index is 6.30. The summed E-state index contributed by atoms with van der Waals surface area (Å²) in [6, 6.07) is 5.83. The fraction of sp³-hybridized carbons (Fsp3) is 0.400. The Morgan fingerprint density at radius 3 is 2.85 bits per heavy atom. The molecule has 0 saturated carbocycles. The maximum absolute atomic E-state index is 6.30. The Morgan fingerprint density at radius 2 is 2.20 bits per heavy atom. The number of hydrogen-bond donors (Lipinski definition) is 1. The van der Waals surface area contributed by atoms with Crippen molar-refractivity contribution in [1.29, 1.82) is 0 Å². The molecule has 5 heteroatoms. The van der Waals surface area contributed by atoms with Crippen molar-refractivity contribution < 1.29 is 4.74 Å². The van der Waals surface area contributed by atoms with Crippen LogP contribution in [0.25, 0.3) is 5.69 Å². The molecule has 0 fully saturated rings. The molecule has 0 saturated heterocycles. The van der Waals surface area contributed by atoms with Crippen molar-refractivity contribution in [3.8, 4) is 5.69 Å². The van der Waals surface area contributed by atoms with Gasteiger partial charge in [-0.2, -0.15) is 0 Å². The first-order valence-electron chi connectivity index (χ1n) is 6.59. The van der Waals surface area contributed by atoms with Crippen molar-refractivity contribution in [2.45, 2.75) is 25.9 Å². The van der Waals surface area contributed by atoms with E-state index >= 15 is 0 Å². The van der Waals surface area contributed by atoms with Gasteiger partial charge in [0, 0.05) is 26.0 Å². The van der Waals surface area contributed by atoms with E-state index in [0.717, 1.165) is 24.3 Å². The number of halogens is 1. The number of para-hydroxylation sites is 1. The molecule has 0 amide bonds. The van der Waals surface area contributed by atoms with Gasteiger partial charge >= 0.3 is 0 Å². The molecule has 0 aliphatic rings. The number of anilines is 1. The fourth-order valence-electron chi connectivity index (χ4n) is 1.91. The van der Waals surface area contributed by atoms with Gasteiger partial charge in [0.25, 0.3) is 0 Å². The molecule has 0 bridgehead atoms. The highest BCUT2D eigenvalue weighted by Crippen LogP contribution is 2.28. The van der Waals surface area contributed by atoms with Crippen LogP contribution in [0, 0.1) is 0 Å². The minimum atomic E-state index is -0.138. The standard InChI is InChI=1S/C15H20ClN3O/c1-15(2,20-3)7-8-18-13-6-4-5-12(16)14(13)19-10-9-17-11-19/h4-6,9-11,18H,7-8H2,1-3H3. The summed E-state index contributed by atoms with van der Waals surface area (Å²) < 4.78 is 7.33. The molecule has 0 radical (unpaired) electrons. The second-order valence-corrected chi connectivity index (χ2v) is 5.65. The lowest BCUT2D eigenvalue weighted by Crippen LogP contribution is -2.26. The number of nitrogens with zero attached hydrogens (tertiary/aromatic N) is 2. The van der Waals surface area contributed by atoms with Gasteiger partial charge in [0.05, 0.1) is 28.3 Å². The van der Waals surface area contributed by atoms with E-state index in [1.165, 1.54) is 0 Å². The molecule has 108 valence electrons. The molecule has 0 aliphatic heterocycles. The first kappa shape index (κ1) is 14.9. The van der Waals surface area contributed by atoms with E-state index in [1.54, 1.807) is 19.6 Å². The van der Waals surface area contributed by atoms with Crippen LogP contribution in [-0.2, 0) is 4.74 Å². The van der Waals surface area contributed by atoms with Gasteiger partial charge in [-0.3, -0.25) is 0 Å². The van der Waals surface area contributed by atoms with Crippen LogP contribution in [0.4, 0.5) is 5.69 Å². The van der Waals surface area contributed by atoms with Crippen LogP contribution < -0.4 is 5.32 Å². The lowest BCUT2D eigenvalue weighted by Gasteiger charge is -2.23. The molecular weight excluding hydrogens is 274 g/mol. The maximum Gasteiger partial charge on any atom is 0.0992 e. The van der Waals surface area contributed by atoms with E-state index in [0.29, 0.717) is 5.02 Å². The summed E-state index contributed by atoms with van der Waals surface area (Å²) in [4.78, 5) is 4.07. The quantitative estimate of drug-likeness (QED) is 0.881. The summed E-state index contributed by atoms with van der Waals surface area (Å²) in [6.07, 6.45) is 6.26. The zero-order chi connectivity index (χ0) is 14.6. The Kier molecular flexibility index (Phi) is 4.68. The largest absolute Gasteiger partial charge is 0.383 e. The summed E-state index contributed by atoms with van der Waals surface area (Å²) in [5.74, 6) is 0. The molecule has 1 N–H and O–H groups in total. The van der Waals surface area contributed by atoms with Crippen molar-refractivity contribution in [1.82, 2.24) is 9.55 Å². The number of methoxy groups -OCH3 is 1. The lowest BCUT2D eigenvalue weighted by molar-refractivity contribution is 0.0185. The summed E-state index contributed by atoms with van der Waals surface area (Å²) >= 11 is 6.30. The molecule has 1 aromatic heterocycles. The fourth-order valence-corrected chi connectivity index (χ4v) is 2.18. The average molecular weight is 294 g/mol. The molecule has 1 heterocycles. The van der Waals surface area contributed by atoms with Crippen LogP contribution in [0.15, 0.2) is 36.9 Å². The Bertz CT molecular complexity index is 552. The van der Waals surface area contributed by atoms with Crippen molar-refractivity contribution in [2.75, 3.05) is 19.0 Å². The van der Waals surface area contributed by atoms with Crippen molar-refractivity contribution in [2.24, 2.45) is 0 Å². The molecule has 4 nitrogen and oxygen atoms in total. The van der Waals surface area contributed by atoms with Crippen molar-refractivity contribution in [3.63, 3.8) is 0 Å². The van der Waals surface area contributed by atoms with E-state index in [2.05, 4.69) is 24.1 Å². The predicted molar refractivity (Wildman–Crippen MR) is 82.8 cm³/mol. The highest BCUT2D eigenvalue weighted by atomic mass is 35.5. The van der Waals surface area contributed by atoms with E-state index in [9.17, 15) is 0 Å². The Hall–Kier alpha value is -1.52. The van der Waals surface area contributed by atoms with Crippen LogP contribution in [0.1, 0.15) is 20.3 Å². The average Bonchev–Trinajstić information content (AvgIpc) is 2.92. The summed E-state index contributed by atoms with van der Waals surface area (Å²) in [5, 5.41) is 4.11. The number of rotatable bonds is 6. The third-order valence-corrected chi connectivity index (χ3v) is 3.65. The molecule has 0 atom stereocenters. The van der Waals surface area contributed by atoms with Gasteiger partial charge in [0.2, 0.25) is 0 Å². The van der Waals surface area contributed by atoms with Crippen molar-refractivity contribution >= 4 is 17.3 Å². The lowest BCUT2D eigenvalue weighted by atomic mass is 10.1. The first-order valence-corrected chi connectivity index (χ1v) is 6.97. The normalized spacial score (nSPS) is 11.6. The summed E-state index contributed by atoms with van der Waals surface area (Å²) in [6.45, 7) is 4.95. The van der Waals surface area contributed by atoms with Crippen LogP contribution >= 0.6 is 11.6 Å². The van der Waals surface area contributed by atoms with Gasteiger partial charge in [-0.15, -0.1) is 0 Å². The first-order chi connectivity index (χ1) is 9.53. The van der Waals surface area contributed by atoms with Gasteiger partial charge in [-0.25, -0.2) is 4.98 Å².